The van der Waals surface area contributed by atoms with E-state index >= 15 is 0 Å². The second kappa shape index (κ2) is 3.72. The fourth-order valence-corrected chi connectivity index (χ4v) is 4.93. The summed E-state index contributed by atoms with van der Waals surface area (Å²) in [5.41, 5.74) is 0.721. The molecule has 0 amide bonds. The minimum Gasteiger partial charge on any atom is -0.481 e. The molecule has 2 N–H and O–H groups in total. The van der Waals surface area contributed by atoms with Crippen LogP contribution in [0, 0.1) is 22.7 Å². The number of carboxylic acids is 1. The summed E-state index contributed by atoms with van der Waals surface area (Å²) in [7, 11) is 0. The van der Waals surface area contributed by atoms with Gasteiger partial charge in [0.15, 0.2) is 0 Å². The quantitative estimate of drug-likeness (QED) is 0.810. The van der Waals surface area contributed by atoms with Gasteiger partial charge in [-0.25, -0.2) is 0 Å². The molecule has 102 valence electrons. The molecule has 3 rings (SSSR count). The molecule has 3 nitrogen and oxygen atoms in total. The van der Waals surface area contributed by atoms with Crippen LogP contribution in [-0.4, -0.2) is 23.2 Å². The summed E-state index contributed by atoms with van der Waals surface area (Å²) in [5.74, 6) is 0.0525. The van der Waals surface area contributed by atoms with E-state index in [1.54, 1.807) is 0 Å². The molecule has 0 aromatic rings. The summed E-state index contributed by atoms with van der Waals surface area (Å²) >= 11 is 0. The number of carbonyl (C=O) groups is 1. The standard InChI is InChI=1S/C15H25NO2/c1-14(2)9-6-7-15(3,8-9)13(14)16-11-5-4-10(11)12(17)18/h9-11,13,16H,4-8H2,1-3H3,(H,17,18). The third-order valence-corrected chi connectivity index (χ3v) is 6.24. The van der Waals surface area contributed by atoms with E-state index in [4.69, 9.17) is 5.11 Å². The molecular formula is C15H25NO2. The molecule has 0 aromatic carbocycles. The van der Waals surface area contributed by atoms with Crippen LogP contribution in [0.2, 0.25) is 0 Å². The second-order valence-corrected chi connectivity index (χ2v) is 7.64. The largest absolute Gasteiger partial charge is 0.481 e. The smallest absolute Gasteiger partial charge is 0.308 e. The van der Waals surface area contributed by atoms with Crippen molar-refractivity contribution < 1.29 is 9.90 Å². The lowest BCUT2D eigenvalue weighted by Gasteiger charge is -2.48. The van der Waals surface area contributed by atoms with Crippen molar-refractivity contribution in [3.63, 3.8) is 0 Å². The van der Waals surface area contributed by atoms with Gasteiger partial charge in [0.05, 0.1) is 5.92 Å². The van der Waals surface area contributed by atoms with Gasteiger partial charge in [-0.3, -0.25) is 4.79 Å². The van der Waals surface area contributed by atoms with Crippen LogP contribution in [0.25, 0.3) is 0 Å². The van der Waals surface area contributed by atoms with E-state index in [1.807, 2.05) is 0 Å². The molecule has 0 heterocycles. The van der Waals surface area contributed by atoms with Crippen LogP contribution in [-0.2, 0) is 4.79 Å². The molecular weight excluding hydrogens is 226 g/mol. The molecule has 18 heavy (non-hydrogen) atoms. The molecule has 0 radical (unpaired) electrons. The summed E-state index contributed by atoms with van der Waals surface area (Å²) in [6, 6.07) is 0.707. The lowest BCUT2D eigenvalue weighted by Crippen LogP contribution is -2.59. The van der Waals surface area contributed by atoms with Gasteiger partial charge in [-0.2, -0.15) is 0 Å². The summed E-state index contributed by atoms with van der Waals surface area (Å²) in [6.45, 7) is 7.14. The Morgan fingerprint density at radius 1 is 1.22 bits per heavy atom. The van der Waals surface area contributed by atoms with Crippen LogP contribution >= 0.6 is 0 Å². The van der Waals surface area contributed by atoms with Gasteiger partial charge in [-0.15, -0.1) is 0 Å². The number of hydrogen-bond donors (Lipinski definition) is 2. The lowest BCUT2D eigenvalue weighted by molar-refractivity contribution is -0.146. The normalized spacial score (nSPS) is 49.1. The van der Waals surface area contributed by atoms with E-state index in [2.05, 4.69) is 26.1 Å². The van der Waals surface area contributed by atoms with Gasteiger partial charge in [0.1, 0.15) is 0 Å². The maximum atomic E-state index is 11.1. The first kappa shape index (κ1) is 12.5. The van der Waals surface area contributed by atoms with E-state index in [-0.39, 0.29) is 12.0 Å². The number of rotatable bonds is 3. The first-order valence-electron chi connectivity index (χ1n) is 7.33. The molecule has 5 atom stereocenters. The third-order valence-electron chi connectivity index (χ3n) is 6.24. The van der Waals surface area contributed by atoms with Crippen molar-refractivity contribution in [2.24, 2.45) is 22.7 Å². The maximum Gasteiger partial charge on any atom is 0.308 e. The zero-order chi connectivity index (χ0) is 13.1. The fraction of sp³-hybridized carbons (Fsp3) is 0.933. The highest BCUT2D eigenvalue weighted by Gasteiger charge is 2.60. The molecule has 5 unspecified atom stereocenters. The molecule has 0 aromatic heterocycles. The average molecular weight is 251 g/mol. The number of hydrogen-bond acceptors (Lipinski definition) is 2. The van der Waals surface area contributed by atoms with E-state index in [0.717, 1.165) is 18.8 Å². The van der Waals surface area contributed by atoms with Gasteiger partial charge in [0, 0.05) is 12.1 Å². The molecule has 3 aliphatic carbocycles. The summed E-state index contributed by atoms with van der Waals surface area (Å²) in [4.78, 5) is 11.1. The minimum absolute atomic E-state index is 0.150. The van der Waals surface area contributed by atoms with E-state index in [9.17, 15) is 4.79 Å². The van der Waals surface area contributed by atoms with Crippen LogP contribution in [0.15, 0.2) is 0 Å². The molecule has 3 heteroatoms. The van der Waals surface area contributed by atoms with Crippen LogP contribution in [0.4, 0.5) is 0 Å². The SMILES string of the molecule is CC12CCC(C1)C(C)(C)C2NC1CCC1C(=O)O. The lowest BCUT2D eigenvalue weighted by atomic mass is 9.67. The first-order valence-corrected chi connectivity index (χ1v) is 7.33. The topological polar surface area (TPSA) is 49.3 Å². The molecule has 3 fully saturated rings. The third kappa shape index (κ3) is 1.56. The van der Waals surface area contributed by atoms with Crippen molar-refractivity contribution in [2.45, 2.75) is 65.0 Å². The second-order valence-electron chi connectivity index (χ2n) is 7.64. The Labute approximate surface area is 109 Å². The number of nitrogens with one attached hydrogen (secondary N) is 1. The molecule has 3 aliphatic rings. The van der Waals surface area contributed by atoms with Gasteiger partial charge in [-0.1, -0.05) is 20.8 Å². The Hall–Kier alpha value is -0.570. The van der Waals surface area contributed by atoms with Crippen LogP contribution in [0.1, 0.15) is 52.9 Å². The minimum atomic E-state index is -0.620. The number of carboxylic acid groups (broad SMARTS) is 1. The maximum absolute atomic E-state index is 11.1. The van der Waals surface area contributed by atoms with Gasteiger partial charge in [-0.05, 0) is 48.9 Å². The monoisotopic (exact) mass is 251 g/mol. The van der Waals surface area contributed by atoms with Crippen LogP contribution in [0.5, 0.6) is 0 Å². The Morgan fingerprint density at radius 2 is 1.94 bits per heavy atom. The highest BCUT2D eigenvalue weighted by Crippen LogP contribution is 2.62. The van der Waals surface area contributed by atoms with Crippen LogP contribution in [0.3, 0.4) is 0 Å². The Balaban J connectivity index is 1.74. The average Bonchev–Trinajstić information content (AvgIpc) is 2.65. The molecule has 0 spiro atoms. The van der Waals surface area contributed by atoms with Gasteiger partial charge < -0.3 is 10.4 Å². The van der Waals surface area contributed by atoms with Crippen molar-refractivity contribution in [1.29, 1.82) is 0 Å². The van der Waals surface area contributed by atoms with Crippen LogP contribution < -0.4 is 5.32 Å². The molecule has 0 saturated heterocycles. The fourth-order valence-electron chi connectivity index (χ4n) is 4.93. The predicted octanol–water partition coefficient (Wildman–Crippen LogP) is 2.65. The zero-order valence-corrected chi connectivity index (χ0v) is 11.7. The summed E-state index contributed by atoms with van der Waals surface area (Å²) in [6.07, 6.45) is 5.87. The van der Waals surface area contributed by atoms with Crippen molar-refractivity contribution >= 4 is 5.97 Å². The van der Waals surface area contributed by atoms with Crippen molar-refractivity contribution in [2.75, 3.05) is 0 Å². The number of aliphatic carboxylic acids is 1. The van der Waals surface area contributed by atoms with Gasteiger partial charge in [0.25, 0.3) is 0 Å². The van der Waals surface area contributed by atoms with Crippen molar-refractivity contribution in [1.82, 2.24) is 5.32 Å². The molecule has 0 aliphatic heterocycles. The van der Waals surface area contributed by atoms with Crippen molar-refractivity contribution in [3.05, 3.63) is 0 Å². The summed E-state index contributed by atoms with van der Waals surface area (Å²) < 4.78 is 0. The highest BCUT2D eigenvalue weighted by molar-refractivity contribution is 5.72. The Bertz CT molecular complexity index is 374. The Kier molecular flexibility index (Phi) is 2.58. The predicted molar refractivity (Wildman–Crippen MR) is 70.3 cm³/mol. The highest BCUT2D eigenvalue weighted by atomic mass is 16.4. The van der Waals surface area contributed by atoms with Crippen molar-refractivity contribution in [3.8, 4) is 0 Å². The molecule has 2 bridgehead atoms. The van der Waals surface area contributed by atoms with E-state index < -0.39 is 5.97 Å². The zero-order valence-electron chi connectivity index (χ0n) is 11.7. The van der Waals surface area contributed by atoms with Gasteiger partial charge in [0.2, 0.25) is 0 Å². The first-order chi connectivity index (χ1) is 8.34. The van der Waals surface area contributed by atoms with E-state index in [1.165, 1.54) is 19.3 Å². The number of fused-ring (bicyclic) bond motifs is 2. The molecule has 3 saturated carbocycles. The van der Waals surface area contributed by atoms with E-state index in [0.29, 0.717) is 16.9 Å². The van der Waals surface area contributed by atoms with Gasteiger partial charge >= 0.3 is 5.97 Å². The Morgan fingerprint density at radius 3 is 2.39 bits per heavy atom. The summed E-state index contributed by atoms with van der Waals surface area (Å²) in [5, 5.41) is 12.9.